The molecule has 3 amide bonds. The van der Waals surface area contributed by atoms with E-state index in [-0.39, 0.29) is 18.7 Å². The van der Waals surface area contributed by atoms with Gasteiger partial charge in [-0.3, -0.25) is 18.9 Å². The van der Waals surface area contributed by atoms with E-state index < -0.39 is 49.7 Å². The number of carbonyl (C=O) groups excluding carboxylic acids is 4. The second-order valence-electron chi connectivity index (χ2n) is 9.76. The fourth-order valence-corrected chi connectivity index (χ4v) is 6.90. The molecule has 43 heavy (non-hydrogen) atoms. The van der Waals surface area contributed by atoms with Gasteiger partial charge in [0.1, 0.15) is 24.8 Å². The Kier molecular flexibility index (Phi) is 14.8. The second kappa shape index (κ2) is 17.3. The predicted molar refractivity (Wildman–Crippen MR) is 177 cm³/mol. The second-order valence-corrected chi connectivity index (χ2v) is 14.4. The van der Waals surface area contributed by atoms with Crippen LogP contribution in [0.1, 0.15) is 44.9 Å². The summed E-state index contributed by atoms with van der Waals surface area (Å²) in [7, 11) is -1.09. The standard InChI is InChI=1S/C28H36I2N3O9P/c1-16(2)25(33-26(35)17(3)31-28(37)41-14-19-10-8-7-9-11-19)27(36)32-23-12-20(21(29)13-22(23)30)24(42-18(4)34)15-43(38,39-5)40-6/h7-13,16-17,24-25H,14-15H2,1-6H3,(H,31,37)(H,32,36)(H,33,35)/t17-,24?,25-/m0/s1. The van der Waals surface area contributed by atoms with Crippen molar-refractivity contribution in [2.24, 2.45) is 5.92 Å². The zero-order valence-electron chi connectivity index (χ0n) is 24.6. The van der Waals surface area contributed by atoms with E-state index in [0.717, 1.165) is 5.56 Å². The molecule has 0 heterocycles. The van der Waals surface area contributed by atoms with Gasteiger partial charge in [0.05, 0.1) is 11.8 Å². The van der Waals surface area contributed by atoms with Gasteiger partial charge >= 0.3 is 19.7 Å². The molecule has 2 rings (SSSR count). The first-order chi connectivity index (χ1) is 20.2. The molecule has 0 aliphatic carbocycles. The van der Waals surface area contributed by atoms with Gasteiger partial charge in [-0.05, 0) is 75.7 Å². The van der Waals surface area contributed by atoms with Crippen LogP contribution in [0.25, 0.3) is 0 Å². The highest BCUT2D eigenvalue weighted by atomic mass is 127. The zero-order valence-corrected chi connectivity index (χ0v) is 29.9. The van der Waals surface area contributed by atoms with E-state index in [1.165, 1.54) is 28.1 Å². The summed E-state index contributed by atoms with van der Waals surface area (Å²) in [4.78, 5) is 50.4. The average Bonchev–Trinajstić information content (AvgIpc) is 2.95. The Labute approximate surface area is 278 Å². The largest absolute Gasteiger partial charge is 0.457 e. The quantitative estimate of drug-likeness (QED) is 0.129. The van der Waals surface area contributed by atoms with Crippen molar-refractivity contribution < 1.29 is 42.3 Å². The van der Waals surface area contributed by atoms with Gasteiger partial charge in [0.2, 0.25) is 11.8 Å². The van der Waals surface area contributed by atoms with E-state index >= 15 is 0 Å². The van der Waals surface area contributed by atoms with Crippen molar-refractivity contribution >= 4 is 82.3 Å². The molecule has 2 aromatic rings. The maximum atomic E-state index is 13.4. The molecular formula is C28H36I2N3O9P. The third kappa shape index (κ3) is 11.6. The number of carbonyl (C=O) groups is 4. The first-order valence-electron chi connectivity index (χ1n) is 13.1. The maximum absolute atomic E-state index is 13.4. The van der Waals surface area contributed by atoms with Crippen molar-refractivity contribution in [1.82, 2.24) is 10.6 Å². The van der Waals surface area contributed by atoms with Crippen molar-refractivity contribution in [1.29, 1.82) is 0 Å². The lowest BCUT2D eigenvalue weighted by Crippen LogP contribution is -2.53. The zero-order chi connectivity index (χ0) is 32.3. The van der Waals surface area contributed by atoms with E-state index in [0.29, 0.717) is 18.4 Å². The number of esters is 1. The van der Waals surface area contributed by atoms with Crippen molar-refractivity contribution in [3.05, 3.63) is 60.7 Å². The summed E-state index contributed by atoms with van der Waals surface area (Å²) in [6, 6.07) is 10.6. The Morgan fingerprint density at radius 2 is 1.53 bits per heavy atom. The van der Waals surface area contributed by atoms with Crippen LogP contribution in [0.5, 0.6) is 0 Å². The molecular weight excluding hydrogens is 807 g/mol. The first kappa shape index (κ1) is 36.9. The number of amides is 3. The van der Waals surface area contributed by atoms with Crippen LogP contribution in [0.15, 0.2) is 42.5 Å². The highest BCUT2D eigenvalue weighted by Crippen LogP contribution is 2.50. The Morgan fingerprint density at radius 1 is 0.907 bits per heavy atom. The van der Waals surface area contributed by atoms with Crippen molar-refractivity contribution in [3.8, 4) is 0 Å². The van der Waals surface area contributed by atoms with Crippen LogP contribution in [0.4, 0.5) is 10.5 Å². The van der Waals surface area contributed by atoms with Gasteiger partial charge in [-0.15, -0.1) is 0 Å². The Balaban J connectivity index is 2.17. The molecule has 0 radical (unpaired) electrons. The van der Waals surface area contributed by atoms with Gasteiger partial charge in [0, 0.05) is 33.8 Å². The molecule has 12 nitrogen and oxygen atoms in total. The highest BCUT2D eigenvalue weighted by Gasteiger charge is 2.32. The van der Waals surface area contributed by atoms with Crippen LogP contribution in [-0.2, 0) is 44.1 Å². The minimum atomic E-state index is -3.57. The number of hydrogen-bond donors (Lipinski definition) is 3. The van der Waals surface area contributed by atoms with Gasteiger partial charge in [-0.1, -0.05) is 44.2 Å². The lowest BCUT2D eigenvalue weighted by Gasteiger charge is -2.25. The molecule has 236 valence electrons. The fourth-order valence-electron chi connectivity index (χ4n) is 3.77. The number of nitrogens with one attached hydrogen (secondary N) is 3. The smallest absolute Gasteiger partial charge is 0.408 e. The molecule has 0 saturated heterocycles. The van der Waals surface area contributed by atoms with E-state index in [2.05, 4.69) is 38.5 Å². The van der Waals surface area contributed by atoms with E-state index in [1.54, 1.807) is 38.1 Å². The molecule has 0 spiro atoms. The lowest BCUT2D eigenvalue weighted by molar-refractivity contribution is -0.145. The van der Waals surface area contributed by atoms with Crippen LogP contribution >= 0.6 is 52.8 Å². The van der Waals surface area contributed by atoms with E-state index in [4.69, 9.17) is 18.5 Å². The summed E-state index contributed by atoms with van der Waals surface area (Å²) >= 11 is 4.11. The number of alkyl carbamates (subject to hydrolysis) is 1. The summed E-state index contributed by atoms with van der Waals surface area (Å²) < 4.78 is 35.0. The third-order valence-electron chi connectivity index (χ3n) is 6.13. The highest BCUT2D eigenvalue weighted by molar-refractivity contribution is 14.1. The number of halogens is 2. The number of hydrogen-bond acceptors (Lipinski definition) is 9. The molecule has 0 aliphatic heterocycles. The number of ether oxygens (including phenoxy) is 2. The van der Waals surface area contributed by atoms with Gasteiger partial charge < -0.3 is 34.5 Å². The normalized spacial score (nSPS) is 13.4. The van der Waals surface area contributed by atoms with Crippen LogP contribution in [0.2, 0.25) is 0 Å². The SMILES string of the molecule is COP(=O)(CC(OC(C)=O)c1cc(NC(=O)[C@@H](NC(=O)[C@H](C)NC(=O)OCc2ccccc2)C(C)C)c(I)cc1I)OC. The minimum absolute atomic E-state index is 0.0431. The van der Waals surface area contributed by atoms with Gasteiger partial charge in [-0.2, -0.15) is 0 Å². The predicted octanol–water partition coefficient (Wildman–Crippen LogP) is 5.38. The monoisotopic (exact) mass is 843 g/mol. The molecule has 0 aromatic heterocycles. The molecule has 0 aliphatic rings. The summed E-state index contributed by atoms with van der Waals surface area (Å²) in [5.74, 6) is -1.99. The third-order valence-corrected chi connectivity index (χ3v) is 9.85. The van der Waals surface area contributed by atoms with Crippen LogP contribution < -0.4 is 16.0 Å². The van der Waals surface area contributed by atoms with E-state index in [9.17, 15) is 23.7 Å². The van der Waals surface area contributed by atoms with Crippen molar-refractivity contribution in [2.45, 2.75) is 52.5 Å². The molecule has 15 heteroatoms. The molecule has 3 atom stereocenters. The summed E-state index contributed by atoms with van der Waals surface area (Å²) in [5, 5.41) is 7.99. The van der Waals surface area contributed by atoms with Crippen LogP contribution in [-0.4, -0.2) is 56.3 Å². The molecule has 0 bridgehead atoms. The number of rotatable bonds is 14. The van der Waals surface area contributed by atoms with Crippen LogP contribution in [0.3, 0.4) is 0 Å². The maximum Gasteiger partial charge on any atom is 0.408 e. The molecule has 3 N–H and O–H groups in total. The van der Waals surface area contributed by atoms with E-state index in [1.807, 2.05) is 40.8 Å². The van der Waals surface area contributed by atoms with Crippen molar-refractivity contribution in [2.75, 3.05) is 25.7 Å². The first-order valence-corrected chi connectivity index (χ1v) is 17.0. The van der Waals surface area contributed by atoms with Gasteiger partial charge in [-0.25, -0.2) is 4.79 Å². The fraction of sp³-hybridized carbons (Fsp3) is 0.429. The Morgan fingerprint density at radius 3 is 2.09 bits per heavy atom. The lowest BCUT2D eigenvalue weighted by atomic mass is 10.0. The Bertz CT molecular complexity index is 1340. The Hall–Kier alpha value is -2.27. The summed E-state index contributed by atoms with van der Waals surface area (Å²) in [6.45, 7) is 6.29. The van der Waals surface area contributed by atoms with Crippen molar-refractivity contribution in [3.63, 3.8) is 0 Å². The topological polar surface area (TPSA) is 158 Å². The molecule has 0 saturated carbocycles. The van der Waals surface area contributed by atoms with Gasteiger partial charge in [0.15, 0.2) is 0 Å². The number of anilines is 1. The minimum Gasteiger partial charge on any atom is -0.457 e. The molecule has 2 aromatic carbocycles. The van der Waals surface area contributed by atoms with Gasteiger partial charge in [0.25, 0.3) is 0 Å². The average molecular weight is 843 g/mol. The summed E-state index contributed by atoms with van der Waals surface area (Å²) in [6.07, 6.45) is -2.00. The molecule has 0 fully saturated rings. The number of benzene rings is 2. The summed E-state index contributed by atoms with van der Waals surface area (Å²) in [5.41, 5.74) is 1.67. The van der Waals surface area contributed by atoms with Crippen LogP contribution in [0, 0.1) is 13.1 Å². The molecule has 1 unspecified atom stereocenters.